The van der Waals surface area contributed by atoms with E-state index in [1.54, 1.807) is 11.8 Å². The van der Waals surface area contributed by atoms with E-state index in [0.29, 0.717) is 5.03 Å². The number of halogens is 1. The molecule has 0 aliphatic heterocycles. The first kappa shape index (κ1) is 12.7. The van der Waals surface area contributed by atoms with Crippen LogP contribution in [0.4, 0.5) is 0 Å². The number of thioether (sulfide) groups is 1. The first-order valence-electron chi connectivity index (χ1n) is 4.97. The Labute approximate surface area is 102 Å². The lowest BCUT2D eigenvalue weighted by molar-refractivity contribution is 0.578. The zero-order valence-corrected chi connectivity index (χ0v) is 11.1. The minimum Gasteiger partial charge on any atom is -0.120 e. The Morgan fingerprint density at radius 2 is 1.93 bits per heavy atom. The molecule has 0 aliphatic rings. The minimum absolute atomic E-state index is 0.178. The standard InChI is InChI=1S/C13H17ClS/c1-10(14)9-15-12-8-6-5-7-11(12)13(2,3)4/h5-8H,1,9H2,2-4H3. The van der Waals surface area contributed by atoms with Crippen LogP contribution in [0.3, 0.4) is 0 Å². The fourth-order valence-corrected chi connectivity index (χ4v) is 2.55. The van der Waals surface area contributed by atoms with E-state index in [9.17, 15) is 0 Å². The van der Waals surface area contributed by atoms with Gasteiger partial charge in [0.15, 0.2) is 0 Å². The Morgan fingerprint density at radius 1 is 1.33 bits per heavy atom. The van der Waals surface area contributed by atoms with E-state index in [2.05, 4.69) is 51.6 Å². The predicted octanol–water partition coefficient (Wildman–Crippen LogP) is 4.83. The number of hydrogen-bond donors (Lipinski definition) is 0. The number of rotatable bonds is 3. The lowest BCUT2D eigenvalue weighted by Crippen LogP contribution is -2.12. The Bertz CT molecular complexity index is 350. The van der Waals surface area contributed by atoms with Crippen LogP contribution in [0, 0.1) is 0 Å². The molecule has 0 saturated heterocycles. The molecule has 82 valence electrons. The van der Waals surface area contributed by atoms with Gasteiger partial charge in [-0.05, 0) is 17.0 Å². The summed E-state index contributed by atoms with van der Waals surface area (Å²) in [5.74, 6) is 0.772. The largest absolute Gasteiger partial charge is 0.120 e. The fraction of sp³-hybridized carbons (Fsp3) is 0.385. The summed E-state index contributed by atoms with van der Waals surface area (Å²) in [5.41, 5.74) is 1.55. The maximum atomic E-state index is 5.78. The van der Waals surface area contributed by atoms with Crippen LogP contribution in [0.15, 0.2) is 40.8 Å². The van der Waals surface area contributed by atoms with Gasteiger partial charge in [0.2, 0.25) is 0 Å². The van der Waals surface area contributed by atoms with Gasteiger partial charge in [-0.25, -0.2) is 0 Å². The van der Waals surface area contributed by atoms with Crippen LogP contribution >= 0.6 is 23.4 Å². The summed E-state index contributed by atoms with van der Waals surface area (Å²) in [5, 5.41) is 0.698. The minimum atomic E-state index is 0.178. The Morgan fingerprint density at radius 3 is 2.47 bits per heavy atom. The van der Waals surface area contributed by atoms with Crippen molar-refractivity contribution in [2.75, 3.05) is 5.75 Å². The SMILES string of the molecule is C=C(Cl)CSc1ccccc1C(C)(C)C. The summed E-state index contributed by atoms with van der Waals surface area (Å²) in [7, 11) is 0. The second-order valence-corrected chi connectivity index (χ2v) is 6.10. The van der Waals surface area contributed by atoms with E-state index in [1.165, 1.54) is 10.5 Å². The summed E-state index contributed by atoms with van der Waals surface area (Å²) in [6.07, 6.45) is 0. The van der Waals surface area contributed by atoms with Crippen molar-refractivity contribution in [2.45, 2.75) is 31.1 Å². The van der Waals surface area contributed by atoms with E-state index in [-0.39, 0.29) is 5.41 Å². The molecule has 0 N–H and O–H groups in total. The lowest BCUT2D eigenvalue weighted by Gasteiger charge is -2.22. The van der Waals surface area contributed by atoms with Crippen molar-refractivity contribution in [2.24, 2.45) is 0 Å². The van der Waals surface area contributed by atoms with Crippen molar-refractivity contribution < 1.29 is 0 Å². The molecule has 0 aliphatic carbocycles. The van der Waals surface area contributed by atoms with Crippen molar-refractivity contribution in [3.63, 3.8) is 0 Å². The molecular formula is C13H17ClS. The molecule has 0 aromatic heterocycles. The summed E-state index contributed by atoms with van der Waals surface area (Å²) in [6, 6.07) is 8.47. The van der Waals surface area contributed by atoms with Crippen molar-refractivity contribution in [1.29, 1.82) is 0 Å². The molecule has 0 amide bonds. The van der Waals surface area contributed by atoms with Crippen LogP contribution in [0.5, 0.6) is 0 Å². The maximum absolute atomic E-state index is 5.78. The van der Waals surface area contributed by atoms with Crippen molar-refractivity contribution in [3.8, 4) is 0 Å². The monoisotopic (exact) mass is 240 g/mol. The summed E-state index contributed by atoms with van der Waals surface area (Å²) >= 11 is 7.53. The first-order valence-corrected chi connectivity index (χ1v) is 6.33. The highest BCUT2D eigenvalue weighted by atomic mass is 35.5. The highest BCUT2D eigenvalue weighted by Gasteiger charge is 2.17. The molecule has 15 heavy (non-hydrogen) atoms. The normalized spacial score (nSPS) is 11.5. The fourth-order valence-electron chi connectivity index (χ4n) is 1.37. The van der Waals surface area contributed by atoms with E-state index in [1.807, 2.05) is 0 Å². The first-order chi connectivity index (χ1) is 6.91. The van der Waals surface area contributed by atoms with Gasteiger partial charge in [-0.2, -0.15) is 0 Å². The van der Waals surface area contributed by atoms with Crippen molar-refractivity contribution in [1.82, 2.24) is 0 Å². The molecule has 1 aromatic carbocycles. The molecule has 1 aromatic rings. The van der Waals surface area contributed by atoms with Crippen LogP contribution in [0.2, 0.25) is 0 Å². The molecule has 0 spiro atoms. The van der Waals surface area contributed by atoms with Crippen LogP contribution in [0.1, 0.15) is 26.3 Å². The van der Waals surface area contributed by atoms with Gasteiger partial charge in [0.25, 0.3) is 0 Å². The molecule has 2 heteroatoms. The Kier molecular flexibility index (Phi) is 4.30. The van der Waals surface area contributed by atoms with Crippen molar-refractivity contribution >= 4 is 23.4 Å². The topological polar surface area (TPSA) is 0 Å². The third kappa shape index (κ3) is 3.92. The molecule has 0 unspecified atom stereocenters. The van der Waals surface area contributed by atoms with Crippen LogP contribution in [-0.4, -0.2) is 5.75 Å². The predicted molar refractivity (Wildman–Crippen MR) is 70.9 cm³/mol. The Balaban J connectivity index is 2.92. The Hall–Kier alpha value is -0.400. The van der Waals surface area contributed by atoms with E-state index >= 15 is 0 Å². The highest BCUT2D eigenvalue weighted by Crippen LogP contribution is 2.33. The molecule has 0 nitrogen and oxygen atoms in total. The zero-order valence-electron chi connectivity index (χ0n) is 9.51. The molecule has 0 atom stereocenters. The smallest absolute Gasteiger partial charge is 0.0334 e. The van der Waals surface area contributed by atoms with Gasteiger partial charge in [0.05, 0.1) is 0 Å². The lowest BCUT2D eigenvalue weighted by atomic mass is 9.87. The third-order valence-corrected chi connectivity index (χ3v) is 3.53. The second-order valence-electron chi connectivity index (χ2n) is 4.55. The van der Waals surface area contributed by atoms with Gasteiger partial charge in [-0.3, -0.25) is 0 Å². The summed E-state index contributed by atoms with van der Waals surface area (Å²) in [6.45, 7) is 10.4. The van der Waals surface area contributed by atoms with Crippen molar-refractivity contribution in [3.05, 3.63) is 41.4 Å². The zero-order chi connectivity index (χ0) is 11.5. The quantitative estimate of drug-likeness (QED) is 0.682. The summed E-state index contributed by atoms with van der Waals surface area (Å²) in [4.78, 5) is 1.30. The molecule has 1 rings (SSSR count). The average Bonchev–Trinajstić information content (AvgIpc) is 2.13. The summed E-state index contributed by atoms with van der Waals surface area (Å²) < 4.78 is 0. The van der Waals surface area contributed by atoms with Gasteiger partial charge in [0.1, 0.15) is 0 Å². The van der Waals surface area contributed by atoms with Gasteiger partial charge in [-0.15, -0.1) is 11.8 Å². The molecular weight excluding hydrogens is 224 g/mol. The molecule has 0 saturated carbocycles. The van der Waals surface area contributed by atoms with Crippen LogP contribution in [0.25, 0.3) is 0 Å². The maximum Gasteiger partial charge on any atom is 0.0334 e. The van der Waals surface area contributed by atoms with Gasteiger partial charge in [0, 0.05) is 15.7 Å². The molecule has 0 bridgehead atoms. The van der Waals surface area contributed by atoms with E-state index in [4.69, 9.17) is 11.6 Å². The number of benzene rings is 1. The molecule has 0 fully saturated rings. The number of hydrogen-bond acceptors (Lipinski definition) is 1. The van der Waals surface area contributed by atoms with Gasteiger partial charge >= 0.3 is 0 Å². The third-order valence-electron chi connectivity index (χ3n) is 2.08. The van der Waals surface area contributed by atoms with E-state index < -0.39 is 0 Å². The molecule has 0 radical (unpaired) electrons. The molecule has 0 heterocycles. The van der Waals surface area contributed by atoms with Crippen LogP contribution < -0.4 is 0 Å². The second kappa shape index (κ2) is 5.09. The van der Waals surface area contributed by atoms with Gasteiger partial charge < -0.3 is 0 Å². The highest BCUT2D eigenvalue weighted by molar-refractivity contribution is 7.99. The average molecular weight is 241 g/mol. The van der Waals surface area contributed by atoms with E-state index in [0.717, 1.165) is 5.75 Å². The van der Waals surface area contributed by atoms with Crippen LogP contribution in [-0.2, 0) is 5.41 Å². The van der Waals surface area contributed by atoms with Gasteiger partial charge in [-0.1, -0.05) is 57.2 Å².